The van der Waals surface area contributed by atoms with Crippen molar-refractivity contribution in [1.29, 1.82) is 0 Å². The van der Waals surface area contributed by atoms with Crippen LogP contribution in [0.2, 0.25) is 5.02 Å². The zero-order chi connectivity index (χ0) is 19.5. The standard InChI is InChI=1S/C21H26ClNO3/c1-13-11-17(19(25-6)12-16(13)22)23-20(24)14(2)26-18-10-8-7-9-15(18)21(3,4)5/h7-12,14H,1-6H3,(H,23,24). The Labute approximate surface area is 160 Å². The van der Waals surface area contributed by atoms with Gasteiger partial charge in [0.1, 0.15) is 11.5 Å². The Bertz CT molecular complexity index is 796. The molecule has 0 spiro atoms. The highest BCUT2D eigenvalue weighted by molar-refractivity contribution is 6.31. The van der Waals surface area contributed by atoms with Gasteiger partial charge in [-0.05, 0) is 42.5 Å². The van der Waals surface area contributed by atoms with Crippen LogP contribution in [0.15, 0.2) is 36.4 Å². The number of hydrogen-bond acceptors (Lipinski definition) is 3. The van der Waals surface area contributed by atoms with E-state index in [9.17, 15) is 4.79 Å². The quantitative estimate of drug-likeness (QED) is 0.765. The maximum atomic E-state index is 12.6. The van der Waals surface area contributed by atoms with Crippen molar-refractivity contribution in [2.45, 2.75) is 46.1 Å². The first kappa shape index (κ1) is 20.1. The first-order chi connectivity index (χ1) is 12.1. The van der Waals surface area contributed by atoms with Gasteiger partial charge in [-0.1, -0.05) is 50.6 Å². The van der Waals surface area contributed by atoms with Gasteiger partial charge in [0.2, 0.25) is 0 Å². The van der Waals surface area contributed by atoms with Crippen LogP contribution in [0.5, 0.6) is 11.5 Å². The summed E-state index contributed by atoms with van der Waals surface area (Å²) in [7, 11) is 1.54. The van der Waals surface area contributed by atoms with Gasteiger partial charge in [-0.3, -0.25) is 4.79 Å². The summed E-state index contributed by atoms with van der Waals surface area (Å²) in [6.45, 7) is 9.94. The molecule has 0 bridgehead atoms. The SMILES string of the molecule is COc1cc(Cl)c(C)cc1NC(=O)C(C)Oc1ccccc1C(C)(C)C. The summed E-state index contributed by atoms with van der Waals surface area (Å²) in [4.78, 5) is 12.6. The molecule has 0 aliphatic carbocycles. The highest BCUT2D eigenvalue weighted by atomic mass is 35.5. The van der Waals surface area contributed by atoms with E-state index in [1.54, 1.807) is 19.1 Å². The Morgan fingerprint density at radius 1 is 1.15 bits per heavy atom. The van der Waals surface area contributed by atoms with E-state index in [2.05, 4.69) is 26.1 Å². The smallest absolute Gasteiger partial charge is 0.265 e. The second kappa shape index (κ2) is 8.00. The average molecular weight is 376 g/mol. The highest BCUT2D eigenvalue weighted by Gasteiger charge is 2.22. The van der Waals surface area contributed by atoms with Gasteiger partial charge in [0.15, 0.2) is 6.10 Å². The fourth-order valence-electron chi connectivity index (χ4n) is 2.60. The van der Waals surface area contributed by atoms with E-state index < -0.39 is 6.10 Å². The third-order valence-electron chi connectivity index (χ3n) is 4.11. The first-order valence-electron chi connectivity index (χ1n) is 8.54. The van der Waals surface area contributed by atoms with Crippen LogP contribution >= 0.6 is 11.6 Å². The van der Waals surface area contributed by atoms with Crippen molar-refractivity contribution in [3.8, 4) is 11.5 Å². The number of halogens is 1. The molecule has 4 nitrogen and oxygen atoms in total. The number of benzene rings is 2. The van der Waals surface area contributed by atoms with Crippen molar-refractivity contribution in [1.82, 2.24) is 0 Å². The second-order valence-electron chi connectivity index (χ2n) is 7.30. The van der Waals surface area contributed by atoms with Gasteiger partial charge in [0.25, 0.3) is 5.91 Å². The van der Waals surface area contributed by atoms with Gasteiger partial charge in [0, 0.05) is 11.1 Å². The molecule has 0 heterocycles. The van der Waals surface area contributed by atoms with Crippen LogP contribution in [0.4, 0.5) is 5.69 Å². The number of hydrogen-bond donors (Lipinski definition) is 1. The van der Waals surface area contributed by atoms with Gasteiger partial charge in [-0.15, -0.1) is 0 Å². The van der Waals surface area contributed by atoms with Crippen molar-refractivity contribution in [2.75, 3.05) is 12.4 Å². The van der Waals surface area contributed by atoms with E-state index in [1.807, 2.05) is 31.2 Å². The van der Waals surface area contributed by atoms with E-state index in [0.29, 0.717) is 22.2 Å². The van der Waals surface area contributed by atoms with Gasteiger partial charge in [0.05, 0.1) is 12.8 Å². The topological polar surface area (TPSA) is 47.6 Å². The molecule has 1 atom stereocenters. The van der Waals surface area contributed by atoms with E-state index in [1.165, 1.54) is 7.11 Å². The number of anilines is 1. The van der Waals surface area contributed by atoms with Gasteiger partial charge in [-0.25, -0.2) is 0 Å². The molecule has 2 rings (SSSR count). The van der Waals surface area contributed by atoms with Crippen LogP contribution in [-0.4, -0.2) is 19.1 Å². The molecule has 140 valence electrons. The van der Waals surface area contributed by atoms with Crippen molar-refractivity contribution in [3.63, 3.8) is 0 Å². The molecule has 1 N–H and O–H groups in total. The van der Waals surface area contributed by atoms with E-state index in [4.69, 9.17) is 21.1 Å². The molecule has 2 aromatic rings. The van der Waals surface area contributed by atoms with Crippen LogP contribution in [0, 0.1) is 6.92 Å². The van der Waals surface area contributed by atoms with Crippen molar-refractivity contribution in [3.05, 3.63) is 52.5 Å². The lowest BCUT2D eigenvalue weighted by Crippen LogP contribution is -2.31. The van der Waals surface area contributed by atoms with E-state index >= 15 is 0 Å². The molecular formula is C21H26ClNO3. The number of rotatable bonds is 5. The first-order valence-corrected chi connectivity index (χ1v) is 8.92. The minimum absolute atomic E-state index is 0.0801. The van der Waals surface area contributed by atoms with Crippen LogP contribution in [0.25, 0.3) is 0 Å². The van der Waals surface area contributed by atoms with Crippen LogP contribution in [-0.2, 0) is 10.2 Å². The molecule has 1 amide bonds. The number of carbonyl (C=O) groups is 1. The Morgan fingerprint density at radius 2 is 1.81 bits per heavy atom. The molecule has 0 saturated heterocycles. The minimum Gasteiger partial charge on any atom is -0.495 e. The Morgan fingerprint density at radius 3 is 2.42 bits per heavy atom. The van der Waals surface area contributed by atoms with Crippen LogP contribution in [0.3, 0.4) is 0 Å². The summed E-state index contributed by atoms with van der Waals surface area (Å²) in [6.07, 6.45) is -0.667. The third-order valence-corrected chi connectivity index (χ3v) is 4.51. The zero-order valence-electron chi connectivity index (χ0n) is 16.1. The Hall–Kier alpha value is -2.20. The van der Waals surface area contributed by atoms with E-state index in [-0.39, 0.29) is 11.3 Å². The Kier molecular flexibility index (Phi) is 6.19. The molecule has 26 heavy (non-hydrogen) atoms. The van der Waals surface area contributed by atoms with Crippen LogP contribution in [0.1, 0.15) is 38.8 Å². The summed E-state index contributed by atoms with van der Waals surface area (Å²) >= 11 is 6.11. The van der Waals surface area contributed by atoms with Crippen LogP contribution < -0.4 is 14.8 Å². The number of aryl methyl sites for hydroxylation is 1. The average Bonchev–Trinajstić information content (AvgIpc) is 2.57. The molecular weight excluding hydrogens is 350 g/mol. The molecule has 0 radical (unpaired) electrons. The van der Waals surface area contributed by atoms with Gasteiger partial charge in [-0.2, -0.15) is 0 Å². The number of methoxy groups -OCH3 is 1. The van der Waals surface area contributed by atoms with Crippen molar-refractivity contribution in [2.24, 2.45) is 0 Å². The number of para-hydroxylation sites is 1. The monoisotopic (exact) mass is 375 g/mol. The predicted octanol–water partition coefficient (Wildman–Crippen LogP) is 5.36. The molecule has 5 heteroatoms. The summed E-state index contributed by atoms with van der Waals surface area (Å²) in [5.41, 5.74) is 2.40. The lowest BCUT2D eigenvalue weighted by Gasteiger charge is -2.24. The lowest BCUT2D eigenvalue weighted by molar-refractivity contribution is -0.122. The number of ether oxygens (including phenoxy) is 2. The van der Waals surface area contributed by atoms with Gasteiger partial charge < -0.3 is 14.8 Å². The van der Waals surface area contributed by atoms with Crippen molar-refractivity contribution >= 4 is 23.2 Å². The number of amides is 1. The summed E-state index contributed by atoms with van der Waals surface area (Å²) in [6, 6.07) is 11.3. The molecule has 0 fully saturated rings. The summed E-state index contributed by atoms with van der Waals surface area (Å²) < 4.78 is 11.3. The molecule has 0 aliphatic heterocycles. The molecule has 0 saturated carbocycles. The molecule has 0 aliphatic rings. The fourth-order valence-corrected chi connectivity index (χ4v) is 2.75. The molecule has 1 unspecified atom stereocenters. The zero-order valence-corrected chi connectivity index (χ0v) is 16.9. The Balaban J connectivity index is 2.19. The van der Waals surface area contributed by atoms with Gasteiger partial charge >= 0.3 is 0 Å². The molecule has 2 aromatic carbocycles. The highest BCUT2D eigenvalue weighted by Crippen LogP contribution is 2.33. The summed E-state index contributed by atoms with van der Waals surface area (Å²) in [5.74, 6) is 0.965. The maximum absolute atomic E-state index is 12.6. The second-order valence-corrected chi connectivity index (χ2v) is 7.70. The predicted molar refractivity (Wildman–Crippen MR) is 107 cm³/mol. The number of nitrogens with one attached hydrogen (secondary N) is 1. The largest absolute Gasteiger partial charge is 0.495 e. The normalized spacial score (nSPS) is 12.4. The molecule has 0 aromatic heterocycles. The van der Waals surface area contributed by atoms with E-state index in [0.717, 1.165) is 11.1 Å². The van der Waals surface area contributed by atoms with Crippen molar-refractivity contribution < 1.29 is 14.3 Å². The lowest BCUT2D eigenvalue weighted by atomic mass is 9.86. The summed E-state index contributed by atoms with van der Waals surface area (Å²) in [5, 5.41) is 3.45. The minimum atomic E-state index is -0.667. The number of carbonyl (C=O) groups excluding carboxylic acids is 1. The third kappa shape index (κ3) is 4.70. The fraction of sp³-hybridized carbons (Fsp3) is 0.381. The maximum Gasteiger partial charge on any atom is 0.265 e.